The molecule has 5 nitrogen and oxygen atoms in total. The lowest BCUT2D eigenvalue weighted by Crippen LogP contribution is -2.24. The van der Waals surface area contributed by atoms with Crippen LogP contribution in [0.25, 0.3) is 10.9 Å². The summed E-state index contributed by atoms with van der Waals surface area (Å²) in [6.07, 6.45) is 2.38. The second kappa shape index (κ2) is 4.23. The Morgan fingerprint density at radius 3 is 3.00 bits per heavy atom. The number of aromatic amines is 1. The maximum atomic E-state index is 11.8. The van der Waals surface area contributed by atoms with E-state index in [-0.39, 0.29) is 4.90 Å². The second-order valence-electron chi connectivity index (χ2n) is 3.52. The van der Waals surface area contributed by atoms with Crippen LogP contribution in [0.1, 0.15) is 13.3 Å². The molecule has 2 N–H and O–H groups in total. The zero-order valence-electron chi connectivity index (χ0n) is 8.90. The third-order valence-corrected chi connectivity index (χ3v) is 3.72. The van der Waals surface area contributed by atoms with Crippen molar-refractivity contribution in [3.05, 3.63) is 24.4 Å². The largest absolute Gasteiger partial charge is 0.278 e. The normalized spacial score (nSPS) is 12.1. The van der Waals surface area contributed by atoms with Gasteiger partial charge in [-0.1, -0.05) is 6.92 Å². The van der Waals surface area contributed by atoms with Gasteiger partial charge in [0.05, 0.1) is 16.6 Å². The highest BCUT2D eigenvalue weighted by molar-refractivity contribution is 7.89. The molecule has 0 radical (unpaired) electrons. The summed E-state index contributed by atoms with van der Waals surface area (Å²) in [5.74, 6) is 0. The Hall–Kier alpha value is -1.40. The van der Waals surface area contributed by atoms with Gasteiger partial charge < -0.3 is 0 Å². The van der Waals surface area contributed by atoms with E-state index in [1.165, 1.54) is 0 Å². The van der Waals surface area contributed by atoms with E-state index in [1.54, 1.807) is 24.4 Å². The highest BCUT2D eigenvalue weighted by Crippen LogP contribution is 2.16. The van der Waals surface area contributed by atoms with E-state index in [0.717, 1.165) is 17.3 Å². The molecule has 0 atom stereocenters. The highest BCUT2D eigenvalue weighted by atomic mass is 32.2. The van der Waals surface area contributed by atoms with E-state index in [4.69, 9.17) is 0 Å². The van der Waals surface area contributed by atoms with Gasteiger partial charge in [0, 0.05) is 11.9 Å². The molecule has 6 heteroatoms. The molecular formula is C10H13N3O2S. The van der Waals surface area contributed by atoms with E-state index in [2.05, 4.69) is 14.9 Å². The molecule has 2 aromatic rings. The predicted molar refractivity (Wildman–Crippen MR) is 61.6 cm³/mol. The first-order valence-corrected chi connectivity index (χ1v) is 6.54. The van der Waals surface area contributed by atoms with Crippen LogP contribution in [0.5, 0.6) is 0 Å². The van der Waals surface area contributed by atoms with Crippen LogP contribution in [-0.2, 0) is 10.0 Å². The minimum Gasteiger partial charge on any atom is -0.278 e. The lowest BCUT2D eigenvalue weighted by molar-refractivity contribution is 0.581. The Kier molecular flexibility index (Phi) is 2.93. The van der Waals surface area contributed by atoms with Gasteiger partial charge in [-0.25, -0.2) is 13.1 Å². The van der Waals surface area contributed by atoms with Crippen LogP contribution in [-0.4, -0.2) is 25.2 Å². The van der Waals surface area contributed by atoms with Crippen LogP contribution in [0, 0.1) is 0 Å². The first kappa shape index (κ1) is 11.1. The lowest BCUT2D eigenvalue weighted by Gasteiger charge is -2.05. The number of nitrogens with zero attached hydrogens (tertiary/aromatic N) is 1. The summed E-state index contributed by atoms with van der Waals surface area (Å²) < 4.78 is 26.2. The van der Waals surface area contributed by atoms with Gasteiger partial charge in [0.15, 0.2) is 0 Å². The quantitative estimate of drug-likeness (QED) is 0.843. The van der Waals surface area contributed by atoms with Crippen molar-refractivity contribution in [3.8, 4) is 0 Å². The highest BCUT2D eigenvalue weighted by Gasteiger charge is 2.13. The summed E-state index contributed by atoms with van der Waals surface area (Å²) in [6.45, 7) is 2.37. The van der Waals surface area contributed by atoms with Gasteiger partial charge in [0.25, 0.3) is 0 Å². The van der Waals surface area contributed by atoms with Crippen LogP contribution in [0.15, 0.2) is 29.3 Å². The number of nitrogens with one attached hydrogen (secondary N) is 2. The molecule has 1 aromatic carbocycles. The molecular weight excluding hydrogens is 226 g/mol. The van der Waals surface area contributed by atoms with Crippen molar-refractivity contribution in [3.63, 3.8) is 0 Å². The van der Waals surface area contributed by atoms with Crippen LogP contribution in [0.4, 0.5) is 0 Å². The molecule has 0 unspecified atom stereocenters. The number of rotatable bonds is 4. The van der Waals surface area contributed by atoms with Gasteiger partial charge in [-0.05, 0) is 24.6 Å². The first-order chi connectivity index (χ1) is 7.63. The van der Waals surface area contributed by atoms with Crippen LogP contribution in [0.3, 0.4) is 0 Å². The Bertz CT molecular complexity index is 589. The lowest BCUT2D eigenvalue weighted by atomic mass is 10.3. The van der Waals surface area contributed by atoms with Gasteiger partial charge in [-0.3, -0.25) is 5.10 Å². The fraction of sp³-hybridized carbons (Fsp3) is 0.300. The molecule has 0 amide bonds. The average Bonchev–Trinajstić information content (AvgIpc) is 2.73. The summed E-state index contributed by atoms with van der Waals surface area (Å²) in [5.41, 5.74) is 0.828. The second-order valence-corrected chi connectivity index (χ2v) is 5.28. The molecule has 0 fully saturated rings. The third kappa shape index (κ3) is 2.07. The summed E-state index contributed by atoms with van der Waals surface area (Å²) in [6, 6.07) is 4.89. The molecule has 0 bridgehead atoms. The number of aromatic nitrogens is 2. The van der Waals surface area contributed by atoms with Crippen molar-refractivity contribution >= 4 is 20.9 Å². The van der Waals surface area contributed by atoms with Crippen LogP contribution in [0.2, 0.25) is 0 Å². The molecule has 1 heterocycles. The van der Waals surface area contributed by atoms with E-state index in [1.807, 2.05) is 6.92 Å². The Balaban J connectivity index is 2.39. The fourth-order valence-corrected chi connectivity index (χ4v) is 2.58. The van der Waals surface area contributed by atoms with Gasteiger partial charge in [-0.15, -0.1) is 0 Å². The molecule has 86 valence electrons. The van der Waals surface area contributed by atoms with Crippen molar-refractivity contribution < 1.29 is 8.42 Å². The first-order valence-electron chi connectivity index (χ1n) is 5.06. The number of hydrogen-bond acceptors (Lipinski definition) is 3. The van der Waals surface area contributed by atoms with Crippen molar-refractivity contribution in [1.29, 1.82) is 0 Å². The van der Waals surface area contributed by atoms with Crippen molar-refractivity contribution in [2.24, 2.45) is 0 Å². The molecule has 0 aliphatic carbocycles. The Morgan fingerprint density at radius 2 is 2.25 bits per heavy atom. The monoisotopic (exact) mass is 239 g/mol. The Morgan fingerprint density at radius 1 is 1.44 bits per heavy atom. The molecule has 0 aliphatic heterocycles. The summed E-state index contributed by atoms with van der Waals surface area (Å²) >= 11 is 0. The number of fused-ring (bicyclic) bond motifs is 1. The van der Waals surface area contributed by atoms with Crippen molar-refractivity contribution in [2.75, 3.05) is 6.54 Å². The van der Waals surface area contributed by atoms with Crippen molar-refractivity contribution in [1.82, 2.24) is 14.9 Å². The molecule has 16 heavy (non-hydrogen) atoms. The number of sulfonamides is 1. The van der Waals surface area contributed by atoms with E-state index < -0.39 is 10.0 Å². The SMILES string of the molecule is CCCNS(=O)(=O)c1ccc2[nH]ncc2c1. The predicted octanol–water partition coefficient (Wildman–Crippen LogP) is 1.25. The maximum Gasteiger partial charge on any atom is 0.240 e. The average molecular weight is 239 g/mol. The molecule has 2 rings (SSSR count). The number of benzene rings is 1. The zero-order chi connectivity index (χ0) is 11.6. The standard InChI is InChI=1S/C10H13N3O2S/c1-2-5-12-16(14,15)9-3-4-10-8(6-9)7-11-13-10/h3-4,6-7,12H,2,5H2,1H3,(H,11,13). The van der Waals surface area contributed by atoms with E-state index in [0.29, 0.717) is 6.54 Å². The third-order valence-electron chi connectivity index (χ3n) is 2.26. The van der Waals surface area contributed by atoms with Crippen LogP contribution < -0.4 is 4.72 Å². The topological polar surface area (TPSA) is 74.8 Å². The molecule has 0 saturated heterocycles. The smallest absolute Gasteiger partial charge is 0.240 e. The van der Waals surface area contributed by atoms with Crippen LogP contribution >= 0.6 is 0 Å². The minimum atomic E-state index is -3.38. The number of H-pyrrole nitrogens is 1. The summed E-state index contributed by atoms with van der Waals surface area (Å²) in [7, 11) is -3.38. The van der Waals surface area contributed by atoms with Gasteiger partial charge in [0.1, 0.15) is 0 Å². The zero-order valence-corrected chi connectivity index (χ0v) is 9.71. The minimum absolute atomic E-state index is 0.273. The summed E-state index contributed by atoms with van der Waals surface area (Å²) in [5, 5.41) is 7.41. The molecule has 0 spiro atoms. The molecule has 0 saturated carbocycles. The number of hydrogen-bond donors (Lipinski definition) is 2. The maximum absolute atomic E-state index is 11.8. The van der Waals surface area contributed by atoms with Gasteiger partial charge >= 0.3 is 0 Å². The van der Waals surface area contributed by atoms with Crippen molar-refractivity contribution in [2.45, 2.75) is 18.2 Å². The van der Waals surface area contributed by atoms with E-state index in [9.17, 15) is 8.42 Å². The summed E-state index contributed by atoms with van der Waals surface area (Å²) in [4.78, 5) is 0.273. The molecule has 1 aromatic heterocycles. The van der Waals surface area contributed by atoms with E-state index >= 15 is 0 Å². The molecule has 0 aliphatic rings. The fourth-order valence-electron chi connectivity index (χ4n) is 1.41. The van der Waals surface area contributed by atoms with Gasteiger partial charge in [-0.2, -0.15) is 5.10 Å². The van der Waals surface area contributed by atoms with Gasteiger partial charge in [0.2, 0.25) is 10.0 Å². The Labute approximate surface area is 93.9 Å².